The fourth-order valence-corrected chi connectivity index (χ4v) is 1.89. The zero-order chi connectivity index (χ0) is 8.10. The van der Waals surface area contributed by atoms with Crippen LogP contribution in [0.25, 0.3) is 0 Å². The van der Waals surface area contributed by atoms with Crippen molar-refractivity contribution in [3.63, 3.8) is 0 Å². The van der Waals surface area contributed by atoms with Crippen LogP contribution in [0.1, 0.15) is 6.42 Å². The highest BCUT2D eigenvalue weighted by atomic mass is 32.2. The Labute approximate surface area is 71.1 Å². The number of hydrogen-bond donors (Lipinski definition) is 0. The zero-order valence-corrected chi connectivity index (χ0v) is 7.47. The van der Waals surface area contributed by atoms with Crippen LogP contribution in [0.15, 0.2) is 0 Å². The van der Waals surface area contributed by atoms with Crippen molar-refractivity contribution in [1.82, 2.24) is 4.90 Å². The van der Waals surface area contributed by atoms with E-state index in [2.05, 4.69) is 11.2 Å². The van der Waals surface area contributed by atoms with Crippen LogP contribution in [0, 0.1) is 0 Å². The summed E-state index contributed by atoms with van der Waals surface area (Å²) in [5.41, 5.74) is 0. The molecule has 1 aliphatic heterocycles. The van der Waals surface area contributed by atoms with Crippen LogP contribution >= 0.6 is 11.8 Å². The molecule has 1 unspecified atom stereocenters. The van der Waals surface area contributed by atoms with Crippen LogP contribution < -0.4 is 0 Å². The van der Waals surface area contributed by atoms with Crippen molar-refractivity contribution in [3.8, 4) is 0 Å². The van der Waals surface area contributed by atoms with E-state index in [1.807, 2.05) is 0 Å². The van der Waals surface area contributed by atoms with Gasteiger partial charge in [-0.05, 0) is 12.7 Å². The van der Waals surface area contributed by atoms with Crippen LogP contribution in [0.2, 0.25) is 0 Å². The first-order chi connectivity index (χ1) is 5.36. The Hall–Kier alpha value is -0.220. The van der Waals surface area contributed by atoms with Crippen LogP contribution in [-0.2, 0) is 9.53 Å². The number of carbonyl (C=O) groups excluding carboxylic acids is 1. The third-order valence-corrected chi connectivity index (χ3v) is 2.41. The molecule has 3 nitrogen and oxygen atoms in total. The molecule has 4 heteroatoms. The molecule has 0 spiro atoms. The Balaban J connectivity index is 2.17. The molecule has 0 aliphatic carbocycles. The van der Waals surface area contributed by atoms with E-state index in [0.717, 1.165) is 25.4 Å². The lowest BCUT2D eigenvalue weighted by molar-refractivity contribution is -0.132. The molecular formula is C7H13NO2S. The predicted octanol–water partition coefficient (Wildman–Crippen LogP) is 0.554. The van der Waals surface area contributed by atoms with E-state index in [0.29, 0.717) is 6.47 Å². The highest BCUT2D eigenvalue weighted by molar-refractivity contribution is 7.98. The van der Waals surface area contributed by atoms with Gasteiger partial charge in [0.1, 0.15) is 6.10 Å². The Bertz CT molecular complexity index is 132. The number of hydrogen-bond acceptors (Lipinski definition) is 4. The summed E-state index contributed by atoms with van der Waals surface area (Å²) in [6, 6.07) is 0. The first-order valence-corrected chi connectivity index (χ1v) is 5.06. The first kappa shape index (κ1) is 8.87. The Morgan fingerprint density at radius 1 is 1.82 bits per heavy atom. The van der Waals surface area contributed by atoms with Crippen molar-refractivity contribution in [1.29, 1.82) is 0 Å². The Kier molecular flexibility index (Phi) is 3.72. The minimum atomic E-state index is 0.139. The summed E-state index contributed by atoms with van der Waals surface area (Å²) in [5, 5.41) is 0. The van der Waals surface area contributed by atoms with Crippen molar-refractivity contribution >= 4 is 18.2 Å². The maximum Gasteiger partial charge on any atom is 0.293 e. The molecule has 11 heavy (non-hydrogen) atoms. The van der Waals surface area contributed by atoms with Crippen molar-refractivity contribution < 1.29 is 9.53 Å². The van der Waals surface area contributed by atoms with Crippen LogP contribution in [-0.4, -0.2) is 42.7 Å². The Morgan fingerprint density at radius 2 is 2.64 bits per heavy atom. The van der Waals surface area contributed by atoms with E-state index < -0.39 is 0 Å². The lowest BCUT2D eigenvalue weighted by atomic mass is 10.3. The summed E-state index contributed by atoms with van der Waals surface area (Å²) >= 11 is 1.80. The lowest BCUT2D eigenvalue weighted by Gasteiger charge is -2.12. The second kappa shape index (κ2) is 4.62. The number of ether oxygens (including phenoxy) is 1. The van der Waals surface area contributed by atoms with Crippen molar-refractivity contribution in [2.45, 2.75) is 12.5 Å². The van der Waals surface area contributed by atoms with Gasteiger partial charge in [0, 0.05) is 19.0 Å². The molecule has 0 saturated carbocycles. The normalized spacial score (nSPS) is 25.4. The number of nitrogens with zero attached hydrogens (tertiary/aromatic N) is 1. The summed E-state index contributed by atoms with van der Waals surface area (Å²) < 4.78 is 4.85. The van der Waals surface area contributed by atoms with Crippen molar-refractivity contribution in [2.75, 3.05) is 25.2 Å². The molecule has 0 bridgehead atoms. The van der Waals surface area contributed by atoms with Crippen LogP contribution in [0.3, 0.4) is 0 Å². The molecule has 0 amide bonds. The third kappa shape index (κ3) is 2.71. The van der Waals surface area contributed by atoms with Gasteiger partial charge in [0.15, 0.2) is 0 Å². The number of thioether (sulfide) groups is 1. The van der Waals surface area contributed by atoms with Gasteiger partial charge in [-0.2, -0.15) is 0 Å². The van der Waals surface area contributed by atoms with Gasteiger partial charge in [-0.25, -0.2) is 0 Å². The largest absolute Gasteiger partial charge is 0.463 e. The van der Waals surface area contributed by atoms with Crippen molar-refractivity contribution in [2.24, 2.45) is 0 Å². The van der Waals surface area contributed by atoms with Gasteiger partial charge >= 0.3 is 0 Å². The summed E-state index contributed by atoms with van der Waals surface area (Å²) in [7, 11) is 0. The zero-order valence-electron chi connectivity index (χ0n) is 6.66. The van der Waals surface area contributed by atoms with Crippen LogP contribution in [0.4, 0.5) is 0 Å². The van der Waals surface area contributed by atoms with Gasteiger partial charge in [-0.1, -0.05) is 0 Å². The highest BCUT2D eigenvalue weighted by Gasteiger charge is 2.22. The van der Waals surface area contributed by atoms with Gasteiger partial charge in [0.05, 0.1) is 0 Å². The molecule has 0 radical (unpaired) electrons. The molecule has 64 valence electrons. The van der Waals surface area contributed by atoms with E-state index in [1.165, 1.54) is 0 Å². The number of likely N-dealkylation sites (tertiary alicyclic amines) is 1. The molecule has 0 aromatic carbocycles. The molecule has 0 aromatic rings. The molecule has 1 atom stereocenters. The monoisotopic (exact) mass is 175 g/mol. The predicted molar refractivity (Wildman–Crippen MR) is 45.5 cm³/mol. The highest BCUT2D eigenvalue weighted by Crippen LogP contribution is 2.13. The number of carbonyl (C=O) groups is 1. The number of rotatable bonds is 4. The minimum Gasteiger partial charge on any atom is -0.463 e. The SMILES string of the molecule is CSCN1CCC(OC=O)C1. The fourth-order valence-electron chi connectivity index (χ4n) is 1.29. The van der Waals surface area contributed by atoms with Gasteiger partial charge < -0.3 is 4.74 Å². The molecular weight excluding hydrogens is 162 g/mol. The van der Waals surface area contributed by atoms with Crippen LogP contribution in [0.5, 0.6) is 0 Å². The summed E-state index contributed by atoms with van der Waals surface area (Å²) in [5.74, 6) is 1.04. The average Bonchev–Trinajstić information content (AvgIpc) is 2.38. The standard InChI is InChI=1S/C7H13NO2S/c1-11-5-8-3-2-7(4-8)10-6-9/h6-7H,2-5H2,1H3. The maximum atomic E-state index is 9.98. The van der Waals surface area contributed by atoms with E-state index in [1.54, 1.807) is 11.8 Å². The third-order valence-electron chi connectivity index (χ3n) is 1.79. The van der Waals surface area contributed by atoms with Crippen molar-refractivity contribution in [3.05, 3.63) is 0 Å². The summed E-state index contributed by atoms with van der Waals surface area (Å²) in [6.45, 7) is 2.51. The quantitative estimate of drug-likeness (QED) is 0.584. The summed E-state index contributed by atoms with van der Waals surface area (Å²) in [4.78, 5) is 12.3. The van der Waals surface area contributed by atoms with Gasteiger partial charge in [0.2, 0.25) is 0 Å². The minimum absolute atomic E-state index is 0.139. The molecule has 1 aliphatic rings. The first-order valence-electron chi connectivity index (χ1n) is 3.67. The molecule has 0 aromatic heterocycles. The van der Waals surface area contributed by atoms with Gasteiger partial charge in [0.25, 0.3) is 6.47 Å². The fraction of sp³-hybridized carbons (Fsp3) is 0.857. The van der Waals surface area contributed by atoms with Gasteiger partial charge in [-0.3, -0.25) is 9.69 Å². The van der Waals surface area contributed by atoms with E-state index in [9.17, 15) is 4.79 Å². The maximum absolute atomic E-state index is 9.98. The Morgan fingerprint density at radius 3 is 3.27 bits per heavy atom. The molecule has 0 N–H and O–H groups in total. The molecule has 1 fully saturated rings. The van der Waals surface area contributed by atoms with E-state index in [4.69, 9.17) is 4.74 Å². The second-order valence-electron chi connectivity index (χ2n) is 2.64. The average molecular weight is 175 g/mol. The van der Waals surface area contributed by atoms with E-state index >= 15 is 0 Å². The topological polar surface area (TPSA) is 29.5 Å². The van der Waals surface area contributed by atoms with Gasteiger partial charge in [-0.15, -0.1) is 11.8 Å². The van der Waals surface area contributed by atoms with E-state index in [-0.39, 0.29) is 6.10 Å². The second-order valence-corrected chi connectivity index (χ2v) is 3.47. The molecule has 1 saturated heterocycles. The molecule has 1 rings (SSSR count). The lowest BCUT2D eigenvalue weighted by Crippen LogP contribution is -2.22. The smallest absolute Gasteiger partial charge is 0.293 e. The molecule has 1 heterocycles. The summed E-state index contributed by atoms with van der Waals surface area (Å²) in [6.07, 6.45) is 3.20.